The number of aryl methyl sites for hydroxylation is 1. The molecule has 0 bridgehead atoms. The second-order valence-corrected chi connectivity index (χ2v) is 6.33. The minimum Gasteiger partial charge on any atom is -0.374 e. The minimum atomic E-state index is -0.117. The molecule has 8 nitrogen and oxygen atoms in total. The smallest absolute Gasteiger partial charge is 0.317 e. The molecule has 1 atom stereocenters. The lowest BCUT2D eigenvalue weighted by atomic mass is 10.2. The van der Waals surface area contributed by atoms with Gasteiger partial charge in [-0.05, 0) is 19.3 Å². The van der Waals surface area contributed by atoms with Crippen LogP contribution in [0.5, 0.6) is 0 Å². The van der Waals surface area contributed by atoms with Gasteiger partial charge in [-0.3, -0.25) is 4.79 Å². The average molecular weight is 335 g/mol. The van der Waals surface area contributed by atoms with Crippen LogP contribution in [0, 0.1) is 0 Å². The van der Waals surface area contributed by atoms with Gasteiger partial charge in [0.15, 0.2) is 0 Å². The summed E-state index contributed by atoms with van der Waals surface area (Å²) in [5.41, 5.74) is 0.709. The summed E-state index contributed by atoms with van der Waals surface area (Å²) in [6, 6.07) is 1.63. The molecule has 1 N–H and O–H groups in total. The normalized spacial score (nSPS) is 21.1. The number of nitrogens with one attached hydrogen (secondary N) is 1. The topological polar surface area (TPSA) is 79.7 Å². The first-order valence-corrected chi connectivity index (χ1v) is 8.56. The summed E-state index contributed by atoms with van der Waals surface area (Å²) in [6.45, 7) is 4.37. The number of ether oxygens (including phenoxy) is 1. The molecule has 8 heteroatoms. The van der Waals surface area contributed by atoms with Crippen molar-refractivity contribution in [1.82, 2.24) is 20.0 Å². The molecule has 0 radical (unpaired) electrons. The Labute approximate surface area is 141 Å². The SMILES string of the molecule is Cn1ncc(N2CCO[C@@H](CCNC(=O)N3CCCC3)C2)cc1=O. The second-order valence-electron chi connectivity index (χ2n) is 6.33. The first-order valence-electron chi connectivity index (χ1n) is 8.56. The lowest BCUT2D eigenvalue weighted by molar-refractivity contribution is 0.0357. The molecule has 132 valence electrons. The van der Waals surface area contributed by atoms with Crippen LogP contribution in [0.2, 0.25) is 0 Å². The summed E-state index contributed by atoms with van der Waals surface area (Å²) >= 11 is 0. The Hall–Kier alpha value is -2.09. The minimum absolute atomic E-state index is 0.0240. The van der Waals surface area contributed by atoms with E-state index in [1.165, 1.54) is 4.68 Å². The Morgan fingerprint density at radius 2 is 2.17 bits per heavy atom. The van der Waals surface area contributed by atoms with E-state index in [9.17, 15) is 9.59 Å². The first kappa shape index (κ1) is 16.8. The number of morpholine rings is 1. The van der Waals surface area contributed by atoms with E-state index in [4.69, 9.17) is 4.74 Å². The van der Waals surface area contributed by atoms with E-state index >= 15 is 0 Å². The fourth-order valence-electron chi connectivity index (χ4n) is 3.13. The highest BCUT2D eigenvalue weighted by Gasteiger charge is 2.22. The van der Waals surface area contributed by atoms with Crippen molar-refractivity contribution in [3.8, 4) is 0 Å². The fourth-order valence-corrected chi connectivity index (χ4v) is 3.13. The maximum atomic E-state index is 12.0. The maximum absolute atomic E-state index is 12.0. The lowest BCUT2D eigenvalue weighted by Gasteiger charge is -2.34. The molecule has 0 unspecified atom stereocenters. The number of hydrogen-bond donors (Lipinski definition) is 1. The molecule has 0 aliphatic carbocycles. The van der Waals surface area contributed by atoms with Crippen molar-refractivity contribution in [2.45, 2.75) is 25.4 Å². The van der Waals surface area contributed by atoms with E-state index in [2.05, 4.69) is 15.3 Å². The van der Waals surface area contributed by atoms with Crippen molar-refractivity contribution in [3.05, 3.63) is 22.6 Å². The highest BCUT2D eigenvalue weighted by atomic mass is 16.5. The third-order valence-electron chi connectivity index (χ3n) is 4.59. The predicted molar refractivity (Wildman–Crippen MR) is 90.3 cm³/mol. The number of carbonyl (C=O) groups excluding carboxylic acids is 1. The van der Waals surface area contributed by atoms with E-state index in [0.717, 1.165) is 44.6 Å². The van der Waals surface area contributed by atoms with Crippen LogP contribution < -0.4 is 15.8 Å². The second kappa shape index (κ2) is 7.65. The standard InChI is InChI=1S/C16H25N5O3/c1-19-15(22)10-13(11-18-19)21-8-9-24-14(12-21)4-5-17-16(23)20-6-2-3-7-20/h10-11,14H,2-9,12H2,1H3,(H,17,23)/t14-/m0/s1. The summed E-state index contributed by atoms with van der Waals surface area (Å²) in [5, 5.41) is 7.03. The Balaban J connectivity index is 1.47. The number of nitrogens with zero attached hydrogens (tertiary/aromatic N) is 4. The molecular weight excluding hydrogens is 310 g/mol. The first-order chi connectivity index (χ1) is 11.6. The van der Waals surface area contributed by atoms with Gasteiger partial charge in [0.25, 0.3) is 5.56 Å². The highest BCUT2D eigenvalue weighted by Crippen LogP contribution is 2.16. The Morgan fingerprint density at radius 1 is 1.38 bits per heavy atom. The summed E-state index contributed by atoms with van der Waals surface area (Å²) in [6.07, 6.45) is 4.70. The van der Waals surface area contributed by atoms with Crippen LogP contribution in [0.4, 0.5) is 10.5 Å². The van der Waals surface area contributed by atoms with Crippen molar-refractivity contribution in [1.29, 1.82) is 0 Å². The lowest BCUT2D eigenvalue weighted by Crippen LogP contribution is -2.45. The average Bonchev–Trinajstić information content (AvgIpc) is 3.12. The van der Waals surface area contributed by atoms with E-state index in [-0.39, 0.29) is 17.7 Å². The van der Waals surface area contributed by atoms with Crippen LogP contribution in [0.15, 0.2) is 17.1 Å². The van der Waals surface area contributed by atoms with E-state index in [0.29, 0.717) is 19.7 Å². The molecule has 0 aromatic carbocycles. The quantitative estimate of drug-likeness (QED) is 0.849. The van der Waals surface area contributed by atoms with Gasteiger partial charge in [-0.25, -0.2) is 9.48 Å². The molecule has 2 amide bonds. The highest BCUT2D eigenvalue weighted by molar-refractivity contribution is 5.74. The molecular formula is C16H25N5O3. The van der Waals surface area contributed by atoms with Crippen LogP contribution in [0.1, 0.15) is 19.3 Å². The molecule has 1 aromatic heterocycles. The zero-order valence-electron chi connectivity index (χ0n) is 14.1. The van der Waals surface area contributed by atoms with Crippen molar-refractivity contribution in [3.63, 3.8) is 0 Å². The van der Waals surface area contributed by atoms with Gasteiger partial charge in [0.2, 0.25) is 0 Å². The molecule has 3 heterocycles. The number of aromatic nitrogens is 2. The van der Waals surface area contributed by atoms with Gasteiger partial charge in [0, 0.05) is 45.8 Å². The van der Waals surface area contributed by atoms with E-state index < -0.39 is 0 Å². The molecule has 2 fully saturated rings. The molecule has 0 spiro atoms. The number of hydrogen-bond acceptors (Lipinski definition) is 5. The summed E-state index contributed by atoms with van der Waals surface area (Å²) in [5.74, 6) is 0. The van der Waals surface area contributed by atoms with Crippen LogP contribution in [0.25, 0.3) is 0 Å². The van der Waals surface area contributed by atoms with Gasteiger partial charge >= 0.3 is 6.03 Å². The van der Waals surface area contributed by atoms with Gasteiger partial charge in [0.1, 0.15) is 0 Å². The van der Waals surface area contributed by atoms with Crippen LogP contribution in [0.3, 0.4) is 0 Å². The van der Waals surface area contributed by atoms with Gasteiger partial charge in [0.05, 0.1) is 24.6 Å². The molecule has 24 heavy (non-hydrogen) atoms. The number of likely N-dealkylation sites (tertiary alicyclic amines) is 1. The van der Waals surface area contributed by atoms with Gasteiger partial charge < -0.3 is 19.9 Å². The van der Waals surface area contributed by atoms with Crippen LogP contribution in [-0.4, -0.2) is 66.1 Å². The maximum Gasteiger partial charge on any atom is 0.317 e. The van der Waals surface area contributed by atoms with Gasteiger partial charge in [-0.1, -0.05) is 0 Å². The Kier molecular flexibility index (Phi) is 5.34. The monoisotopic (exact) mass is 335 g/mol. The Bertz CT molecular complexity index is 626. The third kappa shape index (κ3) is 4.05. The zero-order valence-corrected chi connectivity index (χ0v) is 14.1. The molecule has 2 aliphatic heterocycles. The van der Waals surface area contributed by atoms with Crippen molar-refractivity contribution >= 4 is 11.7 Å². The predicted octanol–water partition coefficient (Wildman–Crippen LogP) is 0.181. The number of amides is 2. The van der Waals surface area contributed by atoms with Gasteiger partial charge in [-0.15, -0.1) is 0 Å². The fraction of sp³-hybridized carbons (Fsp3) is 0.688. The number of rotatable bonds is 4. The van der Waals surface area contributed by atoms with Gasteiger partial charge in [-0.2, -0.15) is 5.10 Å². The zero-order chi connectivity index (χ0) is 16.9. The summed E-state index contributed by atoms with van der Waals surface area (Å²) in [4.78, 5) is 27.7. The number of anilines is 1. The van der Waals surface area contributed by atoms with Crippen molar-refractivity contribution in [2.24, 2.45) is 7.05 Å². The Morgan fingerprint density at radius 3 is 2.92 bits per heavy atom. The van der Waals surface area contributed by atoms with Crippen LogP contribution >= 0.6 is 0 Å². The largest absolute Gasteiger partial charge is 0.374 e. The molecule has 2 aliphatic rings. The van der Waals surface area contributed by atoms with Crippen molar-refractivity contribution in [2.75, 3.05) is 44.2 Å². The molecule has 3 rings (SSSR count). The number of carbonyl (C=O) groups is 1. The molecule has 1 aromatic rings. The van der Waals surface area contributed by atoms with E-state index in [1.807, 2.05) is 4.90 Å². The van der Waals surface area contributed by atoms with Crippen LogP contribution in [-0.2, 0) is 11.8 Å². The number of urea groups is 1. The molecule has 0 saturated carbocycles. The molecule has 2 saturated heterocycles. The van der Waals surface area contributed by atoms with E-state index in [1.54, 1.807) is 19.3 Å². The summed E-state index contributed by atoms with van der Waals surface area (Å²) in [7, 11) is 1.64. The third-order valence-corrected chi connectivity index (χ3v) is 4.59. The summed E-state index contributed by atoms with van der Waals surface area (Å²) < 4.78 is 7.10. The van der Waals surface area contributed by atoms with Crippen molar-refractivity contribution < 1.29 is 9.53 Å².